The molecule has 0 spiro atoms. The summed E-state index contributed by atoms with van der Waals surface area (Å²) in [7, 11) is 0. The molecule has 0 fully saturated rings. The van der Waals surface area contributed by atoms with Gasteiger partial charge in [-0.3, -0.25) is 0 Å². The van der Waals surface area contributed by atoms with Gasteiger partial charge in [0.25, 0.3) is 0 Å². The van der Waals surface area contributed by atoms with E-state index in [1.807, 2.05) is 37.3 Å². The summed E-state index contributed by atoms with van der Waals surface area (Å²) in [4.78, 5) is 4.48. The Hall–Kier alpha value is -2.29. The predicted octanol–water partition coefficient (Wildman–Crippen LogP) is 3.74. The number of rotatable bonds is 4. The summed E-state index contributed by atoms with van der Waals surface area (Å²) in [5, 5.41) is 3.09. The number of benzene rings is 2. The van der Waals surface area contributed by atoms with Crippen molar-refractivity contribution in [2.75, 3.05) is 5.32 Å². The van der Waals surface area contributed by atoms with Gasteiger partial charge in [0.2, 0.25) is 0 Å². The lowest BCUT2D eigenvalue weighted by Crippen LogP contribution is -2.23. The van der Waals surface area contributed by atoms with Gasteiger partial charge >= 0.3 is 0 Å². The molecule has 20 heavy (non-hydrogen) atoms. The molecule has 0 aliphatic rings. The number of hydrogen-bond acceptors (Lipinski definition) is 1. The summed E-state index contributed by atoms with van der Waals surface area (Å²) in [6.45, 7) is 4.19. The lowest BCUT2D eigenvalue weighted by atomic mass is 10.1. The Kier molecular flexibility index (Phi) is 4.77. The Morgan fingerprint density at radius 1 is 1.10 bits per heavy atom. The molecule has 1 atom stereocenters. The van der Waals surface area contributed by atoms with Gasteiger partial charge in [0.1, 0.15) is 0 Å². The molecular weight excluding hydrogens is 246 g/mol. The number of guanidine groups is 1. The van der Waals surface area contributed by atoms with E-state index < -0.39 is 0 Å². The molecule has 0 radical (unpaired) electrons. The number of nitrogens with two attached hydrogens (primary N) is 1. The van der Waals surface area contributed by atoms with E-state index in [1.54, 1.807) is 0 Å². The zero-order valence-corrected chi connectivity index (χ0v) is 12.0. The smallest absolute Gasteiger partial charge is 0.193 e. The lowest BCUT2D eigenvalue weighted by Gasteiger charge is -2.11. The van der Waals surface area contributed by atoms with Crippen LogP contribution in [0.25, 0.3) is 0 Å². The van der Waals surface area contributed by atoms with Crippen LogP contribution < -0.4 is 11.1 Å². The van der Waals surface area contributed by atoms with Gasteiger partial charge in [0, 0.05) is 5.69 Å². The maximum atomic E-state index is 5.94. The van der Waals surface area contributed by atoms with Crippen LogP contribution >= 0.6 is 0 Å². The third-order valence-corrected chi connectivity index (χ3v) is 3.25. The molecule has 0 heterocycles. The molecule has 2 rings (SSSR count). The molecular formula is C17H21N3. The molecule has 0 aromatic heterocycles. The van der Waals surface area contributed by atoms with Crippen LogP contribution in [0.2, 0.25) is 0 Å². The summed E-state index contributed by atoms with van der Waals surface area (Å²) >= 11 is 0. The SMILES string of the molecule is CCc1ccc(C(C)N=C(N)Nc2ccccc2)cc1. The first kappa shape index (κ1) is 14.1. The van der Waals surface area contributed by atoms with Crippen molar-refractivity contribution in [2.45, 2.75) is 26.3 Å². The number of aliphatic imine (C=N–C) groups is 1. The van der Waals surface area contributed by atoms with E-state index in [-0.39, 0.29) is 6.04 Å². The van der Waals surface area contributed by atoms with Crippen molar-refractivity contribution < 1.29 is 0 Å². The van der Waals surface area contributed by atoms with Crippen molar-refractivity contribution in [2.24, 2.45) is 10.7 Å². The van der Waals surface area contributed by atoms with Crippen LogP contribution in [0.5, 0.6) is 0 Å². The molecule has 2 aromatic carbocycles. The quantitative estimate of drug-likeness (QED) is 0.655. The molecule has 0 aliphatic carbocycles. The molecule has 0 amide bonds. The van der Waals surface area contributed by atoms with Crippen molar-refractivity contribution in [1.82, 2.24) is 0 Å². The summed E-state index contributed by atoms with van der Waals surface area (Å²) in [6.07, 6.45) is 1.05. The van der Waals surface area contributed by atoms with Crippen molar-refractivity contribution in [3.05, 3.63) is 65.7 Å². The second-order valence-electron chi connectivity index (χ2n) is 4.78. The molecule has 0 saturated heterocycles. The van der Waals surface area contributed by atoms with Crippen LogP contribution in [-0.4, -0.2) is 5.96 Å². The largest absolute Gasteiger partial charge is 0.370 e. The summed E-state index contributed by atoms with van der Waals surface area (Å²) in [6, 6.07) is 18.4. The number of nitrogens with zero attached hydrogens (tertiary/aromatic N) is 1. The monoisotopic (exact) mass is 267 g/mol. The Bertz CT molecular complexity index is 559. The number of nitrogens with one attached hydrogen (secondary N) is 1. The molecule has 0 aliphatic heterocycles. The Morgan fingerprint density at radius 2 is 1.75 bits per heavy atom. The summed E-state index contributed by atoms with van der Waals surface area (Å²) < 4.78 is 0. The van der Waals surface area contributed by atoms with Gasteiger partial charge in [0.05, 0.1) is 6.04 Å². The zero-order valence-electron chi connectivity index (χ0n) is 12.0. The minimum absolute atomic E-state index is 0.0390. The van der Waals surface area contributed by atoms with Crippen LogP contribution in [0.1, 0.15) is 31.0 Å². The van der Waals surface area contributed by atoms with Gasteiger partial charge < -0.3 is 11.1 Å². The maximum absolute atomic E-state index is 5.94. The Balaban J connectivity index is 2.04. The second kappa shape index (κ2) is 6.75. The van der Waals surface area contributed by atoms with E-state index in [2.05, 4.69) is 41.5 Å². The minimum Gasteiger partial charge on any atom is -0.370 e. The van der Waals surface area contributed by atoms with Crippen LogP contribution in [0.15, 0.2) is 59.6 Å². The van der Waals surface area contributed by atoms with Crippen LogP contribution in [0.4, 0.5) is 5.69 Å². The summed E-state index contributed by atoms with van der Waals surface area (Å²) in [5.41, 5.74) is 9.39. The van der Waals surface area contributed by atoms with Gasteiger partial charge in [-0.05, 0) is 36.6 Å². The Labute approximate surface area is 120 Å². The van der Waals surface area contributed by atoms with Crippen molar-refractivity contribution in [3.63, 3.8) is 0 Å². The second-order valence-corrected chi connectivity index (χ2v) is 4.78. The van der Waals surface area contributed by atoms with Crippen molar-refractivity contribution in [1.29, 1.82) is 0 Å². The van der Waals surface area contributed by atoms with Crippen LogP contribution in [0.3, 0.4) is 0 Å². The fraction of sp³-hybridized carbons (Fsp3) is 0.235. The average Bonchev–Trinajstić information content (AvgIpc) is 2.48. The molecule has 3 heteroatoms. The van der Waals surface area contributed by atoms with Crippen molar-refractivity contribution >= 4 is 11.6 Å². The number of aryl methyl sites for hydroxylation is 1. The van der Waals surface area contributed by atoms with Gasteiger partial charge in [-0.1, -0.05) is 49.4 Å². The van der Waals surface area contributed by atoms with E-state index in [1.165, 1.54) is 11.1 Å². The number of hydrogen-bond donors (Lipinski definition) is 2. The lowest BCUT2D eigenvalue weighted by molar-refractivity contribution is 0.816. The molecule has 3 nitrogen and oxygen atoms in total. The van der Waals surface area contributed by atoms with Gasteiger partial charge in [-0.2, -0.15) is 0 Å². The first-order valence-electron chi connectivity index (χ1n) is 6.93. The molecule has 2 aromatic rings. The van der Waals surface area contributed by atoms with Gasteiger partial charge in [0.15, 0.2) is 5.96 Å². The maximum Gasteiger partial charge on any atom is 0.193 e. The molecule has 3 N–H and O–H groups in total. The normalized spacial score (nSPS) is 13.0. The average molecular weight is 267 g/mol. The zero-order chi connectivity index (χ0) is 14.4. The van der Waals surface area contributed by atoms with E-state index in [4.69, 9.17) is 5.73 Å². The molecule has 104 valence electrons. The highest BCUT2D eigenvalue weighted by Crippen LogP contribution is 2.17. The topological polar surface area (TPSA) is 50.4 Å². The standard InChI is InChI=1S/C17H21N3/c1-3-14-9-11-15(12-10-14)13(2)19-17(18)20-16-7-5-4-6-8-16/h4-13H,3H2,1-2H3,(H3,18,19,20). The third kappa shape index (κ3) is 3.85. The highest BCUT2D eigenvalue weighted by atomic mass is 15.1. The highest BCUT2D eigenvalue weighted by Gasteiger charge is 2.04. The van der Waals surface area contributed by atoms with Gasteiger partial charge in [-0.15, -0.1) is 0 Å². The molecule has 1 unspecified atom stereocenters. The van der Waals surface area contributed by atoms with E-state index in [9.17, 15) is 0 Å². The van der Waals surface area contributed by atoms with E-state index in [0.29, 0.717) is 5.96 Å². The fourth-order valence-electron chi connectivity index (χ4n) is 2.02. The van der Waals surface area contributed by atoms with Crippen molar-refractivity contribution in [3.8, 4) is 0 Å². The Morgan fingerprint density at radius 3 is 2.35 bits per heavy atom. The van der Waals surface area contributed by atoms with Crippen LogP contribution in [-0.2, 0) is 6.42 Å². The van der Waals surface area contributed by atoms with E-state index in [0.717, 1.165) is 12.1 Å². The first-order valence-corrected chi connectivity index (χ1v) is 6.93. The number of para-hydroxylation sites is 1. The highest BCUT2D eigenvalue weighted by molar-refractivity contribution is 5.92. The molecule has 0 saturated carbocycles. The predicted molar refractivity (Wildman–Crippen MR) is 85.9 cm³/mol. The summed E-state index contributed by atoms with van der Waals surface area (Å²) in [5.74, 6) is 0.434. The minimum atomic E-state index is 0.0390. The number of anilines is 1. The van der Waals surface area contributed by atoms with E-state index >= 15 is 0 Å². The third-order valence-electron chi connectivity index (χ3n) is 3.25. The fourth-order valence-corrected chi connectivity index (χ4v) is 2.02. The van der Waals surface area contributed by atoms with Crippen LogP contribution in [0, 0.1) is 0 Å². The first-order chi connectivity index (χ1) is 9.69. The molecule has 0 bridgehead atoms. The van der Waals surface area contributed by atoms with Gasteiger partial charge in [-0.25, -0.2) is 4.99 Å².